The van der Waals surface area contributed by atoms with Crippen LogP contribution < -0.4 is 0 Å². The standard InChI is InChI=1S/C24H54N2P2/c1-19(2)25(20(3)4)17-18-26(27(21(5,6)7)22(8,9)10)28(23(11,12)13)24(14,15)16/h19-20H,17-18H2,1-16H3. The SMILES string of the molecule is CC(C)N(CCN(P(C(C)(C)C)C(C)(C)C)P(C(C)(C)C)C(C)(C)C)C(C)C. The molecule has 0 amide bonds. The normalized spacial score (nSPS) is 15.2. The van der Waals surface area contributed by atoms with Crippen LogP contribution in [0.2, 0.25) is 0 Å². The van der Waals surface area contributed by atoms with E-state index in [-0.39, 0.29) is 16.1 Å². The first-order chi connectivity index (χ1) is 12.1. The van der Waals surface area contributed by atoms with Crippen molar-refractivity contribution in [2.45, 2.75) is 143 Å². The average molecular weight is 433 g/mol. The van der Waals surface area contributed by atoms with Crippen molar-refractivity contribution in [2.24, 2.45) is 0 Å². The van der Waals surface area contributed by atoms with Crippen LogP contribution in [-0.2, 0) is 0 Å². The number of hydrogen-bond acceptors (Lipinski definition) is 2. The van der Waals surface area contributed by atoms with Gasteiger partial charge in [-0.3, -0.25) is 9.34 Å². The molecule has 0 saturated heterocycles. The highest BCUT2D eigenvalue weighted by atomic mass is 31.2. The first kappa shape index (κ1) is 28.8. The molecule has 0 atom stereocenters. The lowest BCUT2D eigenvalue weighted by Gasteiger charge is -2.57. The maximum atomic E-state index is 3.03. The molecule has 4 heteroatoms. The molecular formula is C24H54N2P2. The molecule has 0 N–H and O–H groups in total. The fourth-order valence-electron chi connectivity index (χ4n) is 5.00. The van der Waals surface area contributed by atoms with E-state index in [0.717, 1.165) is 6.54 Å². The fourth-order valence-corrected chi connectivity index (χ4v) is 16.3. The Morgan fingerprint density at radius 3 is 0.929 bits per heavy atom. The van der Waals surface area contributed by atoms with Crippen molar-refractivity contribution < 1.29 is 0 Å². The molecule has 170 valence electrons. The summed E-state index contributed by atoms with van der Waals surface area (Å²) in [5, 5.41) is 1.19. The summed E-state index contributed by atoms with van der Waals surface area (Å²) in [7, 11) is -0.616. The third-order valence-corrected chi connectivity index (χ3v) is 12.4. The van der Waals surface area contributed by atoms with Gasteiger partial charge < -0.3 is 0 Å². The summed E-state index contributed by atoms with van der Waals surface area (Å²) in [5.41, 5.74) is 0. The van der Waals surface area contributed by atoms with Gasteiger partial charge in [0.1, 0.15) is 0 Å². The van der Waals surface area contributed by atoms with E-state index in [2.05, 4.69) is 120 Å². The Hall–Kier alpha value is 0.780. The first-order valence-electron chi connectivity index (χ1n) is 11.3. The number of hydrogen-bond donors (Lipinski definition) is 0. The van der Waals surface area contributed by atoms with Crippen LogP contribution in [0.4, 0.5) is 0 Å². The zero-order valence-corrected chi connectivity index (χ0v) is 24.1. The van der Waals surface area contributed by atoms with Gasteiger partial charge in [-0.05, 0) is 64.5 Å². The molecule has 0 fully saturated rings. The summed E-state index contributed by atoms with van der Waals surface area (Å²) in [6.07, 6.45) is 0. The summed E-state index contributed by atoms with van der Waals surface area (Å²) in [5.74, 6) is 0. The van der Waals surface area contributed by atoms with Crippen molar-refractivity contribution >= 4 is 16.1 Å². The van der Waals surface area contributed by atoms with E-state index in [1.165, 1.54) is 6.54 Å². The molecule has 0 saturated carbocycles. The smallest absolute Gasteiger partial charge is 0.0191 e. The minimum absolute atomic E-state index is 0.297. The van der Waals surface area contributed by atoms with Crippen LogP contribution in [0.15, 0.2) is 0 Å². The lowest BCUT2D eigenvalue weighted by molar-refractivity contribution is 0.172. The molecule has 0 aromatic rings. The molecule has 0 spiro atoms. The largest absolute Gasteiger partial charge is 0.297 e. The third-order valence-electron chi connectivity index (χ3n) is 4.89. The summed E-state index contributed by atoms with van der Waals surface area (Å²) in [6, 6.07) is 1.18. The van der Waals surface area contributed by atoms with Crippen LogP contribution in [0.5, 0.6) is 0 Å². The molecule has 0 aliphatic heterocycles. The molecular weight excluding hydrogens is 378 g/mol. The highest BCUT2D eigenvalue weighted by molar-refractivity contribution is 7.73. The van der Waals surface area contributed by atoms with Gasteiger partial charge in [0, 0.05) is 25.2 Å². The van der Waals surface area contributed by atoms with Gasteiger partial charge in [-0.1, -0.05) is 83.1 Å². The second-order valence-corrected chi connectivity index (χ2v) is 20.7. The van der Waals surface area contributed by atoms with Gasteiger partial charge in [0.25, 0.3) is 0 Å². The number of nitrogens with zero attached hydrogens (tertiary/aromatic N) is 2. The maximum absolute atomic E-state index is 3.03. The van der Waals surface area contributed by atoms with Crippen molar-refractivity contribution in [3.8, 4) is 0 Å². The zero-order chi connectivity index (χ0) is 22.9. The van der Waals surface area contributed by atoms with Crippen LogP contribution in [0, 0.1) is 0 Å². The first-order valence-corrected chi connectivity index (χ1v) is 13.8. The average Bonchev–Trinajstić information content (AvgIpc) is 2.29. The molecule has 0 rings (SSSR count). The lowest BCUT2D eigenvalue weighted by Crippen LogP contribution is -2.46. The van der Waals surface area contributed by atoms with Crippen molar-refractivity contribution in [3.63, 3.8) is 0 Å². The van der Waals surface area contributed by atoms with Gasteiger partial charge >= 0.3 is 0 Å². The topological polar surface area (TPSA) is 6.48 Å². The second-order valence-electron chi connectivity index (χ2n) is 12.8. The number of rotatable bonds is 7. The highest BCUT2D eigenvalue weighted by Crippen LogP contribution is 2.75. The zero-order valence-electron chi connectivity index (χ0n) is 22.4. The Morgan fingerprint density at radius 2 is 0.750 bits per heavy atom. The van der Waals surface area contributed by atoms with Gasteiger partial charge in [-0.2, -0.15) is 0 Å². The predicted molar refractivity (Wildman–Crippen MR) is 137 cm³/mol. The summed E-state index contributed by atoms with van der Waals surface area (Å²) >= 11 is 0. The van der Waals surface area contributed by atoms with Crippen molar-refractivity contribution in [2.75, 3.05) is 13.1 Å². The van der Waals surface area contributed by atoms with Crippen LogP contribution in [0.3, 0.4) is 0 Å². The van der Waals surface area contributed by atoms with Crippen LogP contribution in [0.1, 0.15) is 111 Å². The predicted octanol–water partition coefficient (Wildman–Crippen LogP) is 8.40. The van der Waals surface area contributed by atoms with E-state index in [0.29, 0.717) is 32.7 Å². The van der Waals surface area contributed by atoms with E-state index < -0.39 is 0 Å². The molecule has 0 unspecified atom stereocenters. The lowest BCUT2D eigenvalue weighted by atomic mass is 10.2. The molecule has 2 nitrogen and oxygen atoms in total. The monoisotopic (exact) mass is 432 g/mol. The van der Waals surface area contributed by atoms with Crippen molar-refractivity contribution in [3.05, 3.63) is 0 Å². The molecule has 0 aliphatic rings. The van der Waals surface area contributed by atoms with Crippen LogP contribution in [0.25, 0.3) is 0 Å². The summed E-state index contributed by atoms with van der Waals surface area (Å²) < 4.78 is 3.03. The molecule has 0 aromatic carbocycles. The maximum Gasteiger partial charge on any atom is 0.0191 e. The Labute approximate surface area is 182 Å². The molecule has 0 heterocycles. The highest BCUT2D eigenvalue weighted by Gasteiger charge is 2.48. The van der Waals surface area contributed by atoms with Gasteiger partial charge in [-0.15, -0.1) is 0 Å². The van der Waals surface area contributed by atoms with Crippen LogP contribution >= 0.6 is 16.1 Å². The Morgan fingerprint density at radius 1 is 0.500 bits per heavy atom. The van der Waals surface area contributed by atoms with Crippen molar-refractivity contribution in [1.82, 2.24) is 9.34 Å². The molecule has 0 bridgehead atoms. The molecule has 0 aromatic heterocycles. The van der Waals surface area contributed by atoms with E-state index in [4.69, 9.17) is 0 Å². The minimum Gasteiger partial charge on any atom is -0.297 e. The van der Waals surface area contributed by atoms with E-state index >= 15 is 0 Å². The van der Waals surface area contributed by atoms with E-state index in [9.17, 15) is 0 Å². The Kier molecular flexibility index (Phi) is 10.2. The van der Waals surface area contributed by atoms with Gasteiger partial charge in [0.2, 0.25) is 0 Å². The van der Waals surface area contributed by atoms with Crippen LogP contribution in [-0.4, -0.2) is 55.1 Å². The Bertz CT molecular complexity index is 391. The van der Waals surface area contributed by atoms with E-state index in [1.54, 1.807) is 0 Å². The fraction of sp³-hybridized carbons (Fsp3) is 1.00. The van der Waals surface area contributed by atoms with E-state index in [1.807, 2.05) is 0 Å². The summed E-state index contributed by atoms with van der Waals surface area (Å²) in [6.45, 7) is 41.4. The molecule has 28 heavy (non-hydrogen) atoms. The quantitative estimate of drug-likeness (QED) is 0.373. The van der Waals surface area contributed by atoms with Crippen molar-refractivity contribution in [1.29, 1.82) is 0 Å². The third kappa shape index (κ3) is 8.49. The second kappa shape index (κ2) is 9.94. The molecule has 0 aliphatic carbocycles. The van der Waals surface area contributed by atoms with Gasteiger partial charge in [-0.25, -0.2) is 0 Å². The minimum atomic E-state index is -0.308. The van der Waals surface area contributed by atoms with Gasteiger partial charge in [0.05, 0.1) is 0 Å². The van der Waals surface area contributed by atoms with Gasteiger partial charge in [0.15, 0.2) is 0 Å². The molecule has 0 radical (unpaired) electrons. The Balaban J connectivity index is 6.36. The summed E-state index contributed by atoms with van der Waals surface area (Å²) in [4.78, 5) is 2.67.